The normalized spacial score (nSPS) is 18.0. The molecule has 5 rings (SSSR count). The molecule has 0 radical (unpaired) electrons. The molecule has 4 heterocycles. The van der Waals surface area contributed by atoms with Crippen LogP contribution in [0.4, 0.5) is 10.1 Å². The van der Waals surface area contributed by atoms with Gasteiger partial charge in [0, 0.05) is 50.2 Å². The monoisotopic (exact) mass is 431 g/mol. The molecular formula is C25H26FN5O. The van der Waals surface area contributed by atoms with Gasteiger partial charge >= 0.3 is 0 Å². The number of aromatic nitrogens is 2. The summed E-state index contributed by atoms with van der Waals surface area (Å²) in [4.78, 5) is 24.3. The van der Waals surface area contributed by atoms with E-state index in [1.165, 1.54) is 6.07 Å². The van der Waals surface area contributed by atoms with Gasteiger partial charge in [0.1, 0.15) is 11.9 Å². The smallest absolute Gasteiger partial charge is 0.251 e. The number of rotatable bonds is 4. The highest BCUT2D eigenvalue weighted by atomic mass is 19.1. The number of piperidine rings is 1. The molecule has 0 atom stereocenters. The van der Waals surface area contributed by atoms with Gasteiger partial charge in [0.05, 0.1) is 16.6 Å². The van der Waals surface area contributed by atoms with E-state index in [2.05, 4.69) is 19.8 Å². The molecule has 0 amide bonds. The Morgan fingerprint density at radius 3 is 2.69 bits per heavy atom. The van der Waals surface area contributed by atoms with Gasteiger partial charge < -0.3 is 9.88 Å². The SMILES string of the molecule is CCc1cc2ncc(CN3CC4(CCN(c5ccc(C#N)c(F)c5)CC4)C3)cc2[nH]c1=O. The average molecular weight is 432 g/mol. The Morgan fingerprint density at radius 2 is 2.00 bits per heavy atom. The highest BCUT2D eigenvalue weighted by Crippen LogP contribution is 2.42. The molecule has 0 aliphatic carbocycles. The molecule has 6 nitrogen and oxygen atoms in total. The maximum absolute atomic E-state index is 14.0. The number of hydrogen-bond acceptors (Lipinski definition) is 5. The number of anilines is 1. The molecule has 3 aromatic rings. The summed E-state index contributed by atoms with van der Waals surface area (Å²) in [5.74, 6) is -0.448. The maximum atomic E-state index is 14.0. The standard InChI is InChI=1S/C25H26FN5O/c1-2-18-10-22-23(29-24(18)32)9-17(13-28-22)14-30-15-25(16-30)5-7-31(8-6-25)20-4-3-19(12-27)21(26)11-20/h3-4,9-11,13H,2,5-8,14-16H2,1H3,(H,29,32). The molecule has 2 saturated heterocycles. The van der Waals surface area contributed by atoms with Crippen molar-refractivity contribution in [2.45, 2.75) is 32.7 Å². The Morgan fingerprint density at radius 1 is 1.22 bits per heavy atom. The second kappa shape index (κ2) is 8.03. The first kappa shape index (κ1) is 20.7. The van der Waals surface area contributed by atoms with Crippen LogP contribution in [0.3, 0.4) is 0 Å². The summed E-state index contributed by atoms with van der Waals surface area (Å²) in [5.41, 5.74) is 4.74. The van der Waals surface area contributed by atoms with Gasteiger partial charge in [-0.2, -0.15) is 5.26 Å². The van der Waals surface area contributed by atoms with E-state index in [0.717, 1.165) is 73.4 Å². The summed E-state index contributed by atoms with van der Waals surface area (Å²) in [6.45, 7) is 6.69. The molecule has 0 bridgehead atoms. The van der Waals surface area contributed by atoms with Crippen LogP contribution in [0.25, 0.3) is 11.0 Å². The zero-order valence-corrected chi connectivity index (χ0v) is 18.2. The minimum atomic E-state index is -0.448. The van der Waals surface area contributed by atoms with E-state index in [9.17, 15) is 9.18 Å². The summed E-state index contributed by atoms with van der Waals surface area (Å²) in [6, 6.07) is 10.7. The molecule has 1 spiro atoms. The van der Waals surface area contributed by atoms with Crippen LogP contribution in [0.5, 0.6) is 0 Å². The van der Waals surface area contributed by atoms with Gasteiger partial charge in [-0.1, -0.05) is 6.92 Å². The lowest BCUT2D eigenvalue weighted by atomic mass is 9.72. The minimum absolute atomic E-state index is 0.0317. The van der Waals surface area contributed by atoms with Crippen LogP contribution in [-0.2, 0) is 13.0 Å². The third-order valence-corrected chi connectivity index (χ3v) is 6.99. The number of nitrogens with one attached hydrogen (secondary N) is 1. The largest absolute Gasteiger partial charge is 0.371 e. The summed E-state index contributed by atoms with van der Waals surface area (Å²) in [6.07, 6.45) is 4.76. The van der Waals surface area contributed by atoms with Crippen molar-refractivity contribution in [2.75, 3.05) is 31.1 Å². The number of halogens is 1. The molecule has 1 aromatic carbocycles. The van der Waals surface area contributed by atoms with Gasteiger partial charge in [-0.25, -0.2) is 4.39 Å². The van der Waals surface area contributed by atoms with Crippen LogP contribution >= 0.6 is 0 Å². The summed E-state index contributed by atoms with van der Waals surface area (Å²) in [7, 11) is 0. The number of aromatic amines is 1. The number of likely N-dealkylation sites (tertiary alicyclic amines) is 1. The first-order chi connectivity index (χ1) is 15.5. The van der Waals surface area contributed by atoms with Crippen LogP contribution in [0, 0.1) is 22.6 Å². The molecule has 164 valence electrons. The third kappa shape index (κ3) is 3.76. The van der Waals surface area contributed by atoms with E-state index >= 15 is 0 Å². The molecule has 32 heavy (non-hydrogen) atoms. The topological polar surface area (TPSA) is 76.0 Å². The Kier molecular flexibility index (Phi) is 5.18. The van der Waals surface area contributed by atoms with Gasteiger partial charge in [0.25, 0.3) is 5.56 Å². The van der Waals surface area contributed by atoms with E-state index in [-0.39, 0.29) is 11.1 Å². The third-order valence-electron chi connectivity index (χ3n) is 6.99. The van der Waals surface area contributed by atoms with Gasteiger partial charge in [-0.3, -0.25) is 14.7 Å². The lowest BCUT2D eigenvalue weighted by Gasteiger charge is -2.54. The molecule has 2 aromatic heterocycles. The number of nitriles is 1. The van der Waals surface area contributed by atoms with E-state index in [1.807, 2.05) is 37.4 Å². The van der Waals surface area contributed by atoms with E-state index in [0.29, 0.717) is 11.8 Å². The van der Waals surface area contributed by atoms with Crippen molar-refractivity contribution < 1.29 is 4.39 Å². The second-order valence-electron chi connectivity index (χ2n) is 9.16. The second-order valence-corrected chi connectivity index (χ2v) is 9.16. The summed E-state index contributed by atoms with van der Waals surface area (Å²) >= 11 is 0. The lowest BCUT2D eigenvalue weighted by Crippen LogP contribution is -2.59. The number of nitrogens with zero attached hydrogens (tertiary/aromatic N) is 4. The van der Waals surface area contributed by atoms with Crippen LogP contribution in [0.2, 0.25) is 0 Å². The fourth-order valence-electron chi connectivity index (χ4n) is 5.14. The molecule has 2 fully saturated rings. The first-order valence-electron chi connectivity index (χ1n) is 11.2. The lowest BCUT2D eigenvalue weighted by molar-refractivity contribution is -0.0240. The Hall–Kier alpha value is -3.24. The quantitative estimate of drug-likeness (QED) is 0.683. The molecular weight excluding hydrogens is 405 g/mol. The number of H-pyrrole nitrogens is 1. The van der Waals surface area contributed by atoms with Crippen molar-refractivity contribution >= 4 is 16.7 Å². The summed E-state index contributed by atoms with van der Waals surface area (Å²) < 4.78 is 14.0. The zero-order valence-electron chi connectivity index (χ0n) is 18.2. The molecule has 2 aliphatic rings. The van der Waals surface area contributed by atoms with Crippen molar-refractivity contribution in [3.63, 3.8) is 0 Å². The highest BCUT2D eigenvalue weighted by molar-refractivity contribution is 5.74. The van der Waals surface area contributed by atoms with Crippen molar-refractivity contribution in [3.8, 4) is 6.07 Å². The highest BCUT2D eigenvalue weighted by Gasteiger charge is 2.44. The van der Waals surface area contributed by atoms with Gasteiger partial charge in [-0.15, -0.1) is 0 Å². The predicted molar refractivity (Wildman–Crippen MR) is 122 cm³/mol. The van der Waals surface area contributed by atoms with Crippen LogP contribution < -0.4 is 10.5 Å². The Bertz CT molecular complexity index is 1260. The summed E-state index contributed by atoms with van der Waals surface area (Å²) in [5, 5.41) is 8.92. The van der Waals surface area contributed by atoms with Gasteiger partial charge in [0.15, 0.2) is 0 Å². The van der Waals surface area contributed by atoms with Crippen molar-refractivity contribution in [3.05, 3.63) is 69.4 Å². The number of hydrogen-bond donors (Lipinski definition) is 1. The predicted octanol–water partition coefficient (Wildman–Crippen LogP) is 3.60. The first-order valence-corrected chi connectivity index (χ1v) is 11.2. The van der Waals surface area contributed by atoms with E-state index < -0.39 is 5.82 Å². The van der Waals surface area contributed by atoms with Crippen LogP contribution in [-0.4, -0.2) is 41.0 Å². The Balaban J connectivity index is 1.19. The minimum Gasteiger partial charge on any atom is -0.371 e. The number of aryl methyl sites for hydroxylation is 1. The van der Waals surface area contributed by atoms with Gasteiger partial charge in [0.2, 0.25) is 0 Å². The van der Waals surface area contributed by atoms with Crippen molar-refractivity contribution in [2.24, 2.45) is 5.41 Å². The zero-order chi connectivity index (χ0) is 22.3. The molecule has 1 N–H and O–H groups in total. The molecule has 2 aliphatic heterocycles. The number of pyridine rings is 2. The van der Waals surface area contributed by atoms with Crippen LogP contribution in [0.1, 0.15) is 36.5 Å². The van der Waals surface area contributed by atoms with Crippen molar-refractivity contribution in [1.29, 1.82) is 5.26 Å². The number of fused-ring (bicyclic) bond motifs is 1. The van der Waals surface area contributed by atoms with Crippen LogP contribution in [0.15, 0.2) is 41.3 Å². The van der Waals surface area contributed by atoms with Crippen molar-refractivity contribution in [1.82, 2.24) is 14.9 Å². The fourth-order valence-corrected chi connectivity index (χ4v) is 5.14. The number of benzene rings is 1. The Labute approximate surface area is 186 Å². The molecule has 0 saturated carbocycles. The molecule has 0 unspecified atom stereocenters. The fraction of sp³-hybridized carbons (Fsp3) is 0.400. The van der Waals surface area contributed by atoms with E-state index in [4.69, 9.17) is 5.26 Å². The maximum Gasteiger partial charge on any atom is 0.251 e. The average Bonchev–Trinajstić information content (AvgIpc) is 2.78. The van der Waals surface area contributed by atoms with E-state index in [1.54, 1.807) is 6.07 Å². The molecule has 7 heteroatoms. The van der Waals surface area contributed by atoms with Gasteiger partial charge in [-0.05, 0) is 60.6 Å².